The zero-order valence-electron chi connectivity index (χ0n) is 11.0. The fraction of sp³-hybridized carbons (Fsp3) is 0.462. The second kappa shape index (κ2) is 7.40. The third-order valence-electron chi connectivity index (χ3n) is 2.73. The van der Waals surface area contributed by atoms with E-state index in [0.29, 0.717) is 19.7 Å². The first kappa shape index (κ1) is 14.2. The molecule has 5 nitrogen and oxygen atoms in total. The number of aliphatic hydroxyl groups is 1. The molecule has 2 aromatic heterocycles. The van der Waals surface area contributed by atoms with Gasteiger partial charge >= 0.3 is 0 Å². The van der Waals surface area contributed by atoms with E-state index in [9.17, 15) is 5.11 Å². The van der Waals surface area contributed by atoms with Gasteiger partial charge in [0.25, 0.3) is 0 Å². The third kappa shape index (κ3) is 4.14. The number of nitrogens with zero attached hydrogens (tertiary/aromatic N) is 2. The second-order valence-electron chi connectivity index (χ2n) is 4.23. The van der Waals surface area contributed by atoms with Crippen molar-refractivity contribution in [3.05, 3.63) is 29.9 Å². The van der Waals surface area contributed by atoms with Crippen LogP contribution < -0.4 is 5.32 Å². The van der Waals surface area contributed by atoms with Gasteiger partial charge in [-0.05, 0) is 11.4 Å². The first-order valence-corrected chi connectivity index (χ1v) is 7.12. The SMILES string of the molecule is COCCNCC(O)Cn1ccnc1-c1cccs1. The van der Waals surface area contributed by atoms with E-state index in [2.05, 4.69) is 10.3 Å². The summed E-state index contributed by atoms with van der Waals surface area (Å²) in [6, 6.07) is 4.04. The van der Waals surface area contributed by atoms with Crippen LogP contribution in [0.15, 0.2) is 29.9 Å². The summed E-state index contributed by atoms with van der Waals surface area (Å²) in [6.45, 7) is 2.48. The van der Waals surface area contributed by atoms with E-state index < -0.39 is 6.10 Å². The maximum absolute atomic E-state index is 9.99. The highest BCUT2D eigenvalue weighted by Gasteiger charge is 2.10. The highest BCUT2D eigenvalue weighted by atomic mass is 32.1. The van der Waals surface area contributed by atoms with Crippen LogP contribution in [0.2, 0.25) is 0 Å². The van der Waals surface area contributed by atoms with Crippen LogP contribution in [0, 0.1) is 0 Å². The van der Waals surface area contributed by atoms with Gasteiger partial charge in [-0.1, -0.05) is 6.07 Å². The molecule has 0 saturated carbocycles. The Balaban J connectivity index is 1.87. The van der Waals surface area contributed by atoms with Crippen molar-refractivity contribution in [1.29, 1.82) is 0 Å². The zero-order chi connectivity index (χ0) is 13.5. The number of nitrogens with one attached hydrogen (secondary N) is 1. The van der Waals surface area contributed by atoms with Crippen LogP contribution in [0.1, 0.15) is 0 Å². The highest BCUT2D eigenvalue weighted by Crippen LogP contribution is 2.22. The molecule has 1 unspecified atom stereocenters. The van der Waals surface area contributed by atoms with Gasteiger partial charge in [0.05, 0.1) is 24.1 Å². The lowest BCUT2D eigenvalue weighted by Gasteiger charge is -2.14. The smallest absolute Gasteiger partial charge is 0.150 e. The van der Waals surface area contributed by atoms with Gasteiger partial charge in [-0.3, -0.25) is 0 Å². The van der Waals surface area contributed by atoms with Crippen molar-refractivity contribution in [3.63, 3.8) is 0 Å². The van der Waals surface area contributed by atoms with Crippen LogP contribution in [0.5, 0.6) is 0 Å². The fourth-order valence-corrected chi connectivity index (χ4v) is 2.56. The number of thiophene rings is 1. The molecule has 2 heterocycles. The summed E-state index contributed by atoms with van der Waals surface area (Å²) in [7, 11) is 1.66. The maximum Gasteiger partial charge on any atom is 0.150 e. The van der Waals surface area contributed by atoms with Crippen molar-refractivity contribution < 1.29 is 9.84 Å². The van der Waals surface area contributed by atoms with E-state index in [1.165, 1.54) is 0 Å². The molecule has 0 aliphatic heterocycles. The molecule has 2 aromatic rings. The summed E-state index contributed by atoms with van der Waals surface area (Å²) in [6.07, 6.45) is 3.22. The first-order chi connectivity index (χ1) is 9.31. The van der Waals surface area contributed by atoms with Gasteiger partial charge in [-0.15, -0.1) is 11.3 Å². The molecule has 0 fully saturated rings. The standard InChI is InChI=1S/C13H19N3O2S/c1-18-7-5-14-9-11(17)10-16-6-4-15-13(16)12-3-2-8-19-12/h2-4,6,8,11,14,17H,5,7,9-10H2,1H3. The molecule has 6 heteroatoms. The summed E-state index contributed by atoms with van der Waals surface area (Å²) in [5, 5.41) is 15.2. The molecular weight excluding hydrogens is 262 g/mol. The molecule has 0 amide bonds. The molecule has 2 N–H and O–H groups in total. The molecule has 104 valence electrons. The Hall–Kier alpha value is -1.21. The van der Waals surface area contributed by atoms with Crippen LogP contribution in [0.25, 0.3) is 10.7 Å². The maximum atomic E-state index is 9.99. The average Bonchev–Trinajstić information content (AvgIpc) is 3.04. The molecule has 0 radical (unpaired) electrons. The van der Waals surface area contributed by atoms with Crippen LogP contribution in [0.4, 0.5) is 0 Å². The first-order valence-electron chi connectivity index (χ1n) is 6.24. The molecule has 19 heavy (non-hydrogen) atoms. The second-order valence-corrected chi connectivity index (χ2v) is 5.18. The number of aliphatic hydroxyl groups excluding tert-OH is 1. The molecule has 0 bridgehead atoms. The van der Waals surface area contributed by atoms with Gasteiger partial charge in [0, 0.05) is 32.6 Å². The fourth-order valence-electron chi connectivity index (χ4n) is 1.82. The van der Waals surface area contributed by atoms with Gasteiger partial charge in [-0.2, -0.15) is 0 Å². The van der Waals surface area contributed by atoms with Crippen LogP contribution in [-0.4, -0.2) is 47.6 Å². The van der Waals surface area contributed by atoms with Crippen molar-refractivity contribution in [2.24, 2.45) is 0 Å². The van der Waals surface area contributed by atoms with Gasteiger partial charge in [0.15, 0.2) is 0 Å². The molecule has 0 spiro atoms. The quantitative estimate of drug-likeness (QED) is 0.714. The summed E-state index contributed by atoms with van der Waals surface area (Å²) in [5.41, 5.74) is 0. The van der Waals surface area contributed by atoms with Crippen molar-refractivity contribution in [3.8, 4) is 10.7 Å². The van der Waals surface area contributed by atoms with Crippen LogP contribution in [0.3, 0.4) is 0 Å². The number of hydrogen-bond donors (Lipinski definition) is 2. The van der Waals surface area contributed by atoms with Crippen molar-refractivity contribution in [2.45, 2.75) is 12.6 Å². The van der Waals surface area contributed by atoms with Crippen molar-refractivity contribution >= 4 is 11.3 Å². The van der Waals surface area contributed by atoms with Gasteiger partial charge in [0.1, 0.15) is 5.82 Å². The number of hydrogen-bond acceptors (Lipinski definition) is 5. The van der Waals surface area contributed by atoms with Gasteiger partial charge in [-0.25, -0.2) is 4.98 Å². The molecule has 0 aromatic carbocycles. The number of aromatic nitrogens is 2. The zero-order valence-corrected chi connectivity index (χ0v) is 11.8. The number of methoxy groups -OCH3 is 1. The average molecular weight is 281 g/mol. The monoisotopic (exact) mass is 281 g/mol. The highest BCUT2D eigenvalue weighted by molar-refractivity contribution is 7.13. The molecule has 1 atom stereocenters. The van der Waals surface area contributed by atoms with Crippen molar-refractivity contribution in [2.75, 3.05) is 26.8 Å². The van der Waals surface area contributed by atoms with Crippen LogP contribution >= 0.6 is 11.3 Å². The predicted octanol–water partition coefficient (Wildman–Crippen LogP) is 1.21. The predicted molar refractivity (Wildman–Crippen MR) is 76.3 cm³/mol. The van der Waals surface area contributed by atoms with Gasteiger partial charge in [0.2, 0.25) is 0 Å². The Morgan fingerprint density at radius 2 is 2.47 bits per heavy atom. The molecule has 0 aliphatic rings. The Morgan fingerprint density at radius 3 is 3.21 bits per heavy atom. The summed E-state index contributed by atoms with van der Waals surface area (Å²) < 4.78 is 6.92. The lowest BCUT2D eigenvalue weighted by atomic mass is 10.3. The summed E-state index contributed by atoms with van der Waals surface area (Å²) in [5.74, 6) is 0.908. The number of rotatable bonds is 8. The van der Waals surface area contributed by atoms with E-state index in [1.807, 2.05) is 28.3 Å². The van der Waals surface area contributed by atoms with E-state index in [0.717, 1.165) is 17.2 Å². The number of ether oxygens (including phenoxy) is 1. The Bertz CT molecular complexity index is 470. The summed E-state index contributed by atoms with van der Waals surface area (Å²) in [4.78, 5) is 5.46. The minimum atomic E-state index is -0.440. The third-order valence-corrected chi connectivity index (χ3v) is 3.59. The molecular formula is C13H19N3O2S. The lowest BCUT2D eigenvalue weighted by molar-refractivity contribution is 0.144. The van der Waals surface area contributed by atoms with E-state index in [1.54, 1.807) is 24.6 Å². The topological polar surface area (TPSA) is 59.3 Å². The van der Waals surface area contributed by atoms with Crippen molar-refractivity contribution in [1.82, 2.24) is 14.9 Å². The minimum absolute atomic E-state index is 0.440. The largest absolute Gasteiger partial charge is 0.390 e. The summed E-state index contributed by atoms with van der Waals surface area (Å²) >= 11 is 1.65. The Labute approximate surface area is 116 Å². The van der Waals surface area contributed by atoms with Gasteiger partial charge < -0.3 is 19.7 Å². The molecule has 0 saturated heterocycles. The number of imidazole rings is 1. The molecule has 0 aliphatic carbocycles. The van der Waals surface area contributed by atoms with E-state index >= 15 is 0 Å². The Morgan fingerprint density at radius 1 is 1.58 bits per heavy atom. The normalized spacial score (nSPS) is 12.7. The Kier molecular flexibility index (Phi) is 5.53. The lowest BCUT2D eigenvalue weighted by Crippen LogP contribution is -2.32. The van der Waals surface area contributed by atoms with Crippen LogP contribution in [-0.2, 0) is 11.3 Å². The van der Waals surface area contributed by atoms with E-state index in [4.69, 9.17) is 4.74 Å². The minimum Gasteiger partial charge on any atom is -0.390 e. The van der Waals surface area contributed by atoms with E-state index in [-0.39, 0.29) is 0 Å². The molecule has 2 rings (SSSR count).